The summed E-state index contributed by atoms with van der Waals surface area (Å²) >= 11 is 6.41. The summed E-state index contributed by atoms with van der Waals surface area (Å²) in [4.78, 5) is 0. The van der Waals surface area contributed by atoms with Crippen LogP contribution in [-0.4, -0.2) is 22.4 Å². The zero-order valence-corrected chi connectivity index (χ0v) is 13.6. The highest BCUT2D eigenvalue weighted by Gasteiger charge is 2.33. The van der Waals surface area contributed by atoms with Gasteiger partial charge in [0.25, 0.3) is 0 Å². The molecule has 1 aliphatic rings. The van der Waals surface area contributed by atoms with E-state index in [1.54, 1.807) is 0 Å². The normalized spacial score (nSPS) is 18.2. The van der Waals surface area contributed by atoms with Crippen LogP contribution in [0.2, 0.25) is 5.02 Å². The van der Waals surface area contributed by atoms with E-state index in [4.69, 9.17) is 11.6 Å². The molecule has 0 spiro atoms. The van der Waals surface area contributed by atoms with Crippen molar-refractivity contribution in [2.24, 2.45) is 7.05 Å². The topological polar surface area (TPSA) is 29.9 Å². The van der Waals surface area contributed by atoms with Gasteiger partial charge in [-0.2, -0.15) is 5.10 Å². The molecule has 2 atom stereocenters. The molecule has 4 heteroatoms. The predicted molar refractivity (Wildman–Crippen MR) is 87.0 cm³/mol. The fraction of sp³-hybridized carbons (Fsp3) is 0.471. The van der Waals surface area contributed by atoms with Gasteiger partial charge in [0.2, 0.25) is 0 Å². The molecule has 1 aromatic heterocycles. The molecular formula is C17H22ClN3. The van der Waals surface area contributed by atoms with Crippen LogP contribution >= 0.6 is 11.6 Å². The quantitative estimate of drug-likeness (QED) is 0.919. The van der Waals surface area contributed by atoms with Crippen LogP contribution < -0.4 is 5.32 Å². The van der Waals surface area contributed by atoms with Crippen LogP contribution in [-0.2, 0) is 19.9 Å². The maximum atomic E-state index is 6.41. The summed E-state index contributed by atoms with van der Waals surface area (Å²) in [6, 6.07) is 9.16. The van der Waals surface area contributed by atoms with E-state index < -0.39 is 0 Å². The summed E-state index contributed by atoms with van der Waals surface area (Å²) in [7, 11) is 1.98. The third kappa shape index (κ3) is 2.60. The monoisotopic (exact) mass is 303 g/mol. The summed E-state index contributed by atoms with van der Waals surface area (Å²) < 4.78 is 1.92. The Labute approximate surface area is 131 Å². The summed E-state index contributed by atoms with van der Waals surface area (Å²) in [6.45, 7) is 5.10. The van der Waals surface area contributed by atoms with Gasteiger partial charge in [0, 0.05) is 25.4 Å². The number of halogens is 1. The molecule has 0 bridgehead atoms. The van der Waals surface area contributed by atoms with E-state index in [0.717, 1.165) is 35.8 Å². The zero-order valence-electron chi connectivity index (χ0n) is 12.9. The summed E-state index contributed by atoms with van der Waals surface area (Å²) in [5.74, 6) is 0.576. The molecule has 0 fully saturated rings. The lowest BCUT2D eigenvalue weighted by molar-refractivity contribution is 0.397. The van der Waals surface area contributed by atoms with Gasteiger partial charge >= 0.3 is 0 Å². The van der Waals surface area contributed by atoms with E-state index in [1.165, 1.54) is 11.1 Å². The second kappa shape index (κ2) is 5.82. The van der Waals surface area contributed by atoms with Crippen LogP contribution in [0.5, 0.6) is 0 Å². The minimum absolute atomic E-state index is 0.414. The van der Waals surface area contributed by atoms with Crippen molar-refractivity contribution in [1.29, 1.82) is 0 Å². The van der Waals surface area contributed by atoms with E-state index in [9.17, 15) is 0 Å². The third-order valence-electron chi connectivity index (χ3n) is 4.52. The average molecular weight is 304 g/mol. The predicted octanol–water partition coefficient (Wildman–Crippen LogP) is 3.24. The number of hydrogen-bond acceptors (Lipinski definition) is 2. The van der Waals surface area contributed by atoms with E-state index in [2.05, 4.69) is 41.6 Å². The molecule has 0 radical (unpaired) electrons. The van der Waals surface area contributed by atoms with Crippen LogP contribution in [0.1, 0.15) is 35.4 Å². The molecule has 0 amide bonds. The zero-order chi connectivity index (χ0) is 15.0. The molecule has 1 heterocycles. The molecule has 112 valence electrons. The van der Waals surface area contributed by atoms with Crippen molar-refractivity contribution < 1.29 is 0 Å². The van der Waals surface area contributed by atoms with Gasteiger partial charge < -0.3 is 5.32 Å². The fourth-order valence-corrected chi connectivity index (χ4v) is 3.62. The van der Waals surface area contributed by atoms with Gasteiger partial charge in [-0.25, -0.2) is 0 Å². The molecule has 1 N–H and O–H groups in total. The van der Waals surface area contributed by atoms with Crippen LogP contribution in [0.25, 0.3) is 0 Å². The smallest absolute Gasteiger partial charge is 0.0847 e. The number of likely N-dealkylation sites (N-methyl/N-ethyl adjacent to an activating group) is 1. The van der Waals surface area contributed by atoms with Crippen molar-refractivity contribution in [3.8, 4) is 0 Å². The van der Waals surface area contributed by atoms with Gasteiger partial charge in [-0.15, -0.1) is 0 Å². The lowest BCUT2D eigenvalue weighted by Crippen LogP contribution is -2.41. The first-order valence-corrected chi connectivity index (χ1v) is 7.98. The Hall–Kier alpha value is -1.32. The molecule has 3 nitrogen and oxygen atoms in total. The first kappa shape index (κ1) is 14.6. The number of fused-ring (bicyclic) bond motifs is 1. The van der Waals surface area contributed by atoms with Crippen molar-refractivity contribution in [2.45, 2.75) is 38.6 Å². The average Bonchev–Trinajstić information content (AvgIpc) is 2.67. The molecule has 0 saturated heterocycles. The van der Waals surface area contributed by atoms with Crippen LogP contribution in [0.4, 0.5) is 0 Å². The van der Waals surface area contributed by atoms with Gasteiger partial charge in [-0.3, -0.25) is 4.68 Å². The van der Waals surface area contributed by atoms with E-state index in [0.29, 0.717) is 12.0 Å². The number of hydrogen-bond donors (Lipinski definition) is 1. The molecule has 1 aliphatic carbocycles. The van der Waals surface area contributed by atoms with Gasteiger partial charge in [0.15, 0.2) is 0 Å². The number of rotatable bonds is 5. The molecule has 2 aromatic rings. The summed E-state index contributed by atoms with van der Waals surface area (Å²) in [6.07, 6.45) is 2.07. The van der Waals surface area contributed by atoms with Crippen LogP contribution in [0.3, 0.4) is 0 Å². The van der Waals surface area contributed by atoms with E-state index in [-0.39, 0.29) is 0 Å². The van der Waals surface area contributed by atoms with Crippen molar-refractivity contribution >= 4 is 11.6 Å². The van der Waals surface area contributed by atoms with Gasteiger partial charge in [0.1, 0.15) is 0 Å². The minimum atomic E-state index is 0.414. The highest BCUT2D eigenvalue weighted by Crippen LogP contribution is 2.38. The SMILES string of the molecule is CCNC(Cc1c(Cl)c(C)nn1C)C1Cc2ccccc21. The second-order valence-electron chi connectivity index (χ2n) is 5.85. The highest BCUT2D eigenvalue weighted by atomic mass is 35.5. The fourth-order valence-electron chi connectivity index (χ4n) is 3.39. The number of nitrogens with zero attached hydrogens (tertiary/aromatic N) is 2. The second-order valence-corrected chi connectivity index (χ2v) is 6.23. The van der Waals surface area contributed by atoms with Gasteiger partial charge in [-0.05, 0) is 31.0 Å². The Kier molecular flexibility index (Phi) is 4.05. The van der Waals surface area contributed by atoms with Crippen molar-refractivity contribution in [2.75, 3.05) is 6.54 Å². The molecule has 1 aromatic carbocycles. The first-order chi connectivity index (χ1) is 10.1. The van der Waals surface area contributed by atoms with Crippen LogP contribution in [0.15, 0.2) is 24.3 Å². The lowest BCUT2D eigenvalue weighted by Gasteiger charge is -2.37. The molecule has 0 saturated carbocycles. The maximum Gasteiger partial charge on any atom is 0.0847 e. The van der Waals surface area contributed by atoms with Crippen LogP contribution in [0, 0.1) is 6.92 Å². The standard InChI is InChI=1S/C17H22ClN3/c1-4-19-15(10-16-17(18)11(2)20-21(16)3)14-9-12-7-5-6-8-13(12)14/h5-8,14-15,19H,4,9-10H2,1-3H3. The molecule has 3 rings (SSSR count). The maximum absolute atomic E-state index is 6.41. The Morgan fingerprint density at radius 1 is 1.43 bits per heavy atom. The largest absolute Gasteiger partial charge is 0.313 e. The Morgan fingerprint density at radius 2 is 2.19 bits per heavy atom. The van der Waals surface area contributed by atoms with Gasteiger partial charge in [-0.1, -0.05) is 42.8 Å². The summed E-state index contributed by atoms with van der Waals surface area (Å²) in [5, 5.41) is 8.88. The molecule has 21 heavy (non-hydrogen) atoms. The molecule has 2 unspecified atom stereocenters. The van der Waals surface area contributed by atoms with E-state index >= 15 is 0 Å². The third-order valence-corrected chi connectivity index (χ3v) is 5.01. The number of nitrogens with one attached hydrogen (secondary N) is 1. The number of benzene rings is 1. The highest BCUT2D eigenvalue weighted by molar-refractivity contribution is 6.31. The minimum Gasteiger partial charge on any atom is -0.313 e. The summed E-state index contributed by atoms with van der Waals surface area (Å²) in [5.41, 5.74) is 5.01. The lowest BCUT2D eigenvalue weighted by atomic mass is 9.72. The van der Waals surface area contributed by atoms with Gasteiger partial charge in [0.05, 0.1) is 16.4 Å². The van der Waals surface area contributed by atoms with Crippen molar-refractivity contribution in [1.82, 2.24) is 15.1 Å². The number of aryl methyl sites for hydroxylation is 2. The first-order valence-electron chi connectivity index (χ1n) is 7.61. The van der Waals surface area contributed by atoms with Crippen molar-refractivity contribution in [3.05, 3.63) is 51.8 Å². The molecular weight excluding hydrogens is 282 g/mol. The Balaban J connectivity index is 1.83. The number of aromatic nitrogens is 2. The van der Waals surface area contributed by atoms with E-state index in [1.807, 2.05) is 18.7 Å². The van der Waals surface area contributed by atoms with Crippen molar-refractivity contribution in [3.63, 3.8) is 0 Å². The Bertz CT molecular complexity index is 647. The Morgan fingerprint density at radius 3 is 2.81 bits per heavy atom. The molecule has 0 aliphatic heterocycles.